The van der Waals surface area contributed by atoms with Crippen LogP contribution in [0.4, 0.5) is 0 Å². The topological polar surface area (TPSA) is 73.6 Å². The first kappa shape index (κ1) is 19.8. The number of aromatic nitrogens is 1. The molecule has 0 saturated carbocycles. The Hall–Kier alpha value is -3.50. The van der Waals surface area contributed by atoms with Gasteiger partial charge in [-0.15, -0.1) is 11.3 Å². The summed E-state index contributed by atoms with van der Waals surface area (Å²) >= 11 is 1.42. The lowest BCUT2D eigenvalue weighted by molar-refractivity contribution is 0.174. The fourth-order valence-corrected chi connectivity index (χ4v) is 3.85. The summed E-state index contributed by atoms with van der Waals surface area (Å²) in [5.74, 6) is 2.83. The molecule has 0 atom stereocenters. The van der Waals surface area contributed by atoms with Gasteiger partial charge in [0.15, 0.2) is 11.5 Å². The van der Waals surface area contributed by atoms with E-state index in [0.29, 0.717) is 35.3 Å². The molecule has 1 aliphatic rings. The van der Waals surface area contributed by atoms with Crippen molar-refractivity contribution in [2.24, 2.45) is 0 Å². The minimum atomic E-state index is 0.229. The lowest BCUT2D eigenvalue weighted by Crippen LogP contribution is -1.97. The Morgan fingerprint density at radius 1 is 1.13 bits per heavy atom. The van der Waals surface area contributed by atoms with Gasteiger partial charge in [-0.2, -0.15) is 5.26 Å². The number of hydrogen-bond donors (Lipinski definition) is 0. The van der Waals surface area contributed by atoms with Crippen LogP contribution in [0.3, 0.4) is 0 Å². The van der Waals surface area contributed by atoms with Crippen LogP contribution < -0.4 is 18.9 Å². The number of fused-ring (bicyclic) bond motifs is 1. The summed E-state index contributed by atoms with van der Waals surface area (Å²) in [6, 6.07) is 13.6. The third kappa shape index (κ3) is 4.09. The molecule has 3 aromatic rings. The maximum Gasteiger partial charge on any atom is 0.231 e. The summed E-state index contributed by atoms with van der Waals surface area (Å²) in [7, 11) is 0. The second kappa shape index (κ2) is 8.89. The normalized spacial score (nSPS) is 12.5. The van der Waals surface area contributed by atoms with Crippen molar-refractivity contribution in [2.75, 3.05) is 20.0 Å². The Bertz CT molecular complexity index is 1130. The van der Waals surface area contributed by atoms with Crippen molar-refractivity contribution in [1.29, 1.82) is 5.26 Å². The number of nitriles is 1. The Morgan fingerprint density at radius 2 is 1.97 bits per heavy atom. The first-order valence-corrected chi connectivity index (χ1v) is 10.5. The van der Waals surface area contributed by atoms with Crippen molar-refractivity contribution in [3.05, 3.63) is 52.3 Å². The number of nitrogens with zero attached hydrogens (tertiary/aromatic N) is 2. The molecule has 0 amide bonds. The molecule has 2 aromatic carbocycles. The van der Waals surface area contributed by atoms with Gasteiger partial charge >= 0.3 is 0 Å². The summed E-state index contributed by atoms with van der Waals surface area (Å²) in [6.07, 6.45) is 1.79. The number of thiazole rings is 1. The van der Waals surface area contributed by atoms with E-state index in [1.54, 1.807) is 6.08 Å². The van der Waals surface area contributed by atoms with Crippen LogP contribution >= 0.6 is 11.3 Å². The first-order chi connectivity index (χ1) is 14.7. The largest absolute Gasteiger partial charge is 0.494 e. The molecular formula is C23H20N2O4S. The molecule has 0 spiro atoms. The predicted molar refractivity (Wildman–Crippen MR) is 116 cm³/mol. The third-order valence-electron chi connectivity index (χ3n) is 4.42. The summed E-state index contributed by atoms with van der Waals surface area (Å²) in [4.78, 5) is 4.66. The highest BCUT2D eigenvalue weighted by atomic mass is 32.1. The Kier molecular flexibility index (Phi) is 5.87. The maximum absolute atomic E-state index is 9.75. The van der Waals surface area contributed by atoms with E-state index in [0.717, 1.165) is 28.3 Å². The van der Waals surface area contributed by atoms with E-state index in [9.17, 15) is 5.26 Å². The monoisotopic (exact) mass is 420 g/mol. The molecule has 6 nitrogen and oxygen atoms in total. The van der Waals surface area contributed by atoms with Crippen molar-refractivity contribution in [2.45, 2.75) is 13.8 Å². The molecular weight excluding hydrogens is 400 g/mol. The fraction of sp³-hybridized carbons (Fsp3) is 0.217. The smallest absolute Gasteiger partial charge is 0.231 e. The molecule has 2 heterocycles. The highest BCUT2D eigenvalue weighted by Gasteiger charge is 2.16. The quantitative estimate of drug-likeness (QED) is 0.477. The van der Waals surface area contributed by atoms with Gasteiger partial charge < -0.3 is 18.9 Å². The summed E-state index contributed by atoms with van der Waals surface area (Å²) in [5.41, 5.74) is 2.97. The second-order valence-corrected chi connectivity index (χ2v) is 7.20. The molecule has 0 aliphatic carbocycles. The highest BCUT2D eigenvalue weighted by molar-refractivity contribution is 7.11. The average Bonchev–Trinajstić information content (AvgIpc) is 3.43. The minimum Gasteiger partial charge on any atom is -0.494 e. The number of rotatable bonds is 7. The third-order valence-corrected chi connectivity index (χ3v) is 5.29. The van der Waals surface area contributed by atoms with E-state index in [2.05, 4.69) is 11.1 Å². The van der Waals surface area contributed by atoms with Crippen molar-refractivity contribution < 1.29 is 18.9 Å². The Morgan fingerprint density at radius 3 is 2.77 bits per heavy atom. The zero-order valence-corrected chi connectivity index (χ0v) is 17.5. The molecule has 0 N–H and O–H groups in total. The van der Waals surface area contributed by atoms with E-state index in [-0.39, 0.29) is 6.79 Å². The molecule has 0 fully saturated rings. The van der Waals surface area contributed by atoms with Gasteiger partial charge in [0.1, 0.15) is 22.6 Å². The molecule has 1 aliphatic heterocycles. The summed E-state index contributed by atoms with van der Waals surface area (Å²) in [6.45, 7) is 5.18. The average molecular weight is 420 g/mol. The van der Waals surface area contributed by atoms with E-state index in [4.69, 9.17) is 18.9 Å². The fourth-order valence-electron chi connectivity index (χ4n) is 3.05. The number of ether oxygens (including phenoxy) is 4. The van der Waals surface area contributed by atoms with Crippen LogP contribution in [-0.4, -0.2) is 25.0 Å². The van der Waals surface area contributed by atoms with Crippen LogP contribution in [0.2, 0.25) is 0 Å². The Labute approximate surface area is 178 Å². The van der Waals surface area contributed by atoms with Gasteiger partial charge in [-0.05, 0) is 50.3 Å². The molecule has 0 saturated heterocycles. The van der Waals surface area contributed by atoms with Crippen LogP contribution in [0.5, 0.6) is 23.0 Å². The van der Waals surface area contributed by atoms with Crippen molar-refractivity contribution in [3.63, 3.8) is 0 Å². The van der Waals surface area contributed by atoms with Crippen LogP contribution in [0.15, 0.2) is 41.8 Å². The van der Waals surface area contributed by atoms with Gasteiger partial charge in [-0.3, -0.25) is 0 Å². The summed E-state index contributed by atoms with van der Waals surface area (Å²) < 4.78 is 22.1. The molecule has 30 heavy (non-hydrogen) atoms. The van der Waals surface area contributed by atoms with Gasteiger partial charge in [0, 0.05) is 22.6 Å². The molecule has 0 radical (unpaired) electrons. The van der Waals surface area contributed by atoms with Gasteiger partial charge in [0.05, 0.1) is 24.5 Å². The molecule has 0 unspecified atom stereocenters. The number of benzene rings is 2. The van der Waals surface area contributed by atoms with Crippen LogP contribution in [0, 0.1) is 11.3 Å². The second-order valence-electron chi connectivity index (χ2n) is 6.34. The van der Waals surface area contributed by atoms with Gasteiger partial charge in [0.2, 0.25) is 6.79 Å². The Balaban J connectivity index is 1.65. The molecule has 152 valence electrons. The van der Waals surface area contributed by atoms with Crippen molar-refractivity contribution in [3.8, 4) is 40.3 Å². The first-order valence-electron chi connectivity index (χ1n) is 9.59. The van der Waals surface area contributed by atoms with Crippen molar-refractivity contribution in [1.82, 2.24) is 4.98 Å². The molecule has 4 rings (SSSR count). The number of hydrogen-bond acceptors (Lipinski definition) is 7. The zero-order chi connectivity index (χ0) is 20.9. The standard InChI is InChI=1S/C23H20N2O4S/c1-3-26-18-7-5-16(21(11-18)27-4-2)9-17(12-24)23-25-19(13-30-23)15-6-8-20-22(10-15)29-14-28-20/h5-11,13H,3-4,14H2,1-2H3/b17-9-. The van der Waals surface area contributed by atoms with Crippen LogP contribution in [0.1, 0.15) is 24.4 Å². The predicted octanol–water partition coefficient (Wildman–Crippen LogP) is 5.40. The van der Waals surface area contributed by atoms with Gasteiger partial charge in [-0.25, -0.2) is 4.98 Å². The molecule has 7 heteroatoms. The minimum absolute atomic E-state index is 0.229. The van der Waals surface area contributed by atoms with Gasteiger partial charge in [-0.1, -0.05) is 0 Å². The van der Waals surface area contributed by atoms with Crippen LogP contribution in [-0.2, 0) is 0 Å². The number of allylic oxidation sites excluding steroid dienone is 1. The van der Waals surface area contributed by atoms with E-state index < -0.39 is 0 Å². The summed E-state index contributed by atoms with van der Waals surface area (Å²) in [5, 5.41) is 12.3. The molecule has 0 bridgehead atoms. The maximum atomic E-state index is 9.75. The van der Waals surface area contributed by atoms with E-state index in [1.165, 1.54) is 11.3 Å². The zero-order valence-electron chi connectivity index (χ0n) is 16.7. The molecule has 1 aromatic heterocycles. The highest BCUT2D eigenvalue weighted by Crippen LogP contribution is 2.37. The van der Waals surface area contributed by atoms with Crippen molar-refractivity contribution >= 4 is 23.0 Å². The van der Waals surface area contributed by atoms with E-state index >= 15 is 0 Å². The van der Waals surface area contributed by atoms with E-state index in [1.807, 2.05) is 55.6 Å². The van der Waals surface area contributed by atoms with Crippen LogP contribution in [0.25, 0.3) is 22.9 Å². The van der Waals surface area contributed by atoms with Gasteiger partial charge in [0.25, 0.3) is 0 Å². The SMILES string of the molecule is CCOc1ccc(/C=C(/C#N)c2nc(-c3ccc4c(c3)OCO4)cs2)c(OCC)c1. The lowest BCUT2D eigenvalue weighted by Gasteiger charge is -2.10. The lowest BCUT2D eigenvalue weighted by atomic mass is 10.1.